The van der Waals surface area contributed by atoms with E-state index < -0.39 is 0 Å². The van der Waals surface area contributed by atoms with Crippen LogP contribution in [0.25, 0.3) is 0 Å². The van der Waals surface area contributed by atoms with Crippen LogP contribution in [0.1, 0.15) is 44.3 Å². The van der Waals surface area contributed by atoms with Crippen LogP contribution in [0.3, 0.4) is 0 Å². The van der Waals surface area contributed by atoms with Crippen molar-refractivity contribution < 1.29 is 0 Å². The fourth-order valence-electron chi connectivity index (χ4n) is 0.919. The Labute approximate surface area is 81.4 Å². The Morgan fingerprint density at radius 2 is 1.85 bits per heavy atom. The Hall–Kier alpha value is -0.920. The first-order valence-corrected chi connectivity index (χ1v) is 5.03. The van der Waals surface area contributed by atoms with Gasteiger partial charge in [-0.3, -0.25) is 0 Å². The Kier molecular flexibility index (Phi) is 6.11. The van der Waals surface area contributed by atoms with Crippen molar-refractivity contribution in [2.45, 2.75) is 47.5 Å². The van der Waals surface area contributed by atoms with Crippen molar-refractivity contribution in [2.75, 3.05) is 0 Å². The van der Waals surface area contributed by atoms with Gasteiger partial charge in [0.05, 0.1) is 0 Å². The van der Waals surface area contributed by atoms with Gasteiger partial charge in [0.25, 0.3) is 0 Å². The van der Waals surface area contributed by atoms with Gasteiger partial charge >= 0.3 is 0 Å². The van der Waals surface area contributed by atoms with Gasteiger partial charge in [0.15, 0.2) is 0 Å². The zero-order valence-electron chi connectivity index (χ0n) is 9.39. The molecule has 0 bridgehead atoms. The molecule has 2 nitrogen and oxygen atoms in total. The highest BCUT2D eigenvalue weighted by molar-refractivity contribution is 5.13. The van der Waals surface area contributed by atoms with Gasteiger partial charge in [0, 0.05) is 18.3 Å². The normalized spacial score (nSPS) is 9.00. The van der Waals surface area contributed by atoms with E-state index >= 15 is 0 Å². The molecule has 0 aromatic carbocycles. The zero-order valence-corrected chi connectivity index (χ0v) is 9.39. The van der Waals surface area contributed by atoms with Crippen LogP contribution in [0.4, 0.5) is 0 Å². The minimum Gasteiger partial charge on any atom is -0.241 e. The van der Waals surface area contributed by atoms with Gasteiger partial charge in [-0.15, -0.1) is 0 Å². The summed E-state index contributed by atoms with van der Waals surface area (Å²) in [7, 11) is 0. The molecular weight excluding hydrogens is 160 g/mol. The molecule has 74 valence electrons. The van der Waals surface area contributed by atoms with Crippen LogP contribution in [-0.2, 0) is 6.42 Å². The summed E-state index contributed by atoms with van der Waals surface area (Å²) < 4.78 is 0. The Morgan fingerprint density at radius 3 is 2.31 bits per heavy atom. The summed E-state index contributed by atoms with van der Waals surface area (Å²) in [6.45, 7) is 10.2. The quantitative estimate of drug-likeness (QED) is 0.699. The van der Waals surface area contributed by atoms with Crippen LogP contribution in [0, 0.1) is 13.8 Å². The Balaban J connectivity index is 0.000000671. The molecule has 1 aromatic heterocycles. The lowest BCUT2D eigenvalue weighted by molar-refractivity contribution is 0.819. The molecule has 13 heavy (non-hydrogen) atoms. The molecule has 0 unspecified atom stereocenters. The maximum atomic E-state index is 4.35. The van der Waals surface area contributed by atoms with Crippen molar-refractivity contribution in [1.82, 2.24) is 9.97 Å². The maximum Gasteiger partial charge on any atom is 0.128 e. The predicted molar refractivity (Wildman–Crippen MR) is 56.8 cm³/mol. The highest BCUT2D eigenvalue weighted by Gasteiger charge is 1.97. The average Bonchev–Trinajstić information content (AvgIpc) is 2.15. The smallest absolute Gasteiger partial charge is 0.128 e. The fourth-order valence-corrected chi connectivity index (χ4v) is 0.919. The topological polar surface area (TPSA) is 25.8 Å². The molecule has 0 saturated heterocycles. The molecule has 0 radical (unpaired) electrons. The van der Waals surface area contributed by atoms with Crippen LogP contribution < -0.4 is 0 Å². The molecule has 0 aliphatic heterocycles. The van der Waals surface area contributed by atoms with Crippen molar-refractivity contribution >= 4 is 0 Å². The molecule has 1 heterocycles. The Morgan fingerprint density at radius 1 is 1.23 bits per heavy atom. The van der Waals surface area contributed by atoms with Crippen LogP contribution >= 0.6 is 0 Å². The first-order chi connectivity index (χ1) is 6.24. The van der Waals surface area contributed by atoms with Crippen molar-refractivity contribution in [2.24, 2.45) is 0 Å². The second kappa shape index (κ2) is 6.58. The third-order valence-electron chi connectivity index (χ3n) is 1.75. The molecule has 2 heteroatoms. The molecule has 0 aliphatic carbocycles. The molecule has 0 atom stereocenters. The van der Waals surface area contributed by atoms with E-state index in [1.165, 1.54) is 5.56 Å². The van der Waals surface area contributed by atoms with Gasteiger partial charge in [-0.1, -0.05) is 20.8 Å². The number of nitrogens with zero attached hydrogens (tertiary/aromatic N) is 2. The third kappa shape index (κ3) is 4.02. The van der Waals surface area contributed by atoms with Gasteiger partial charge in [-0.2, -0.15) is 0 Å². The van der Waals surface area contributed by atoms with Gasteiger partial charge in [-0.05, 0) is 25.8 Å². The summed E-state index contributed by atoms with van der Waals surface area (Å²) in [6.07, 6.45) is 4.00. The van der Waals surface area contributed by atoms with E-state index in [0.717, 1.165) is 24.4 Å². The maximum absolute atomic E-state index is 4.35. The van der Waals surface area contributed by atoms with E-state index in [0.29, 0.717) is 0 Å². The minimum absolute atomic E-state index is 0.968. The van der Waals surface area contributed by atoms with E-state index in [1.807, 2.05) is 33.9 Å². The number of aromatic nitrogens is 2. The standard InChI is InChI=1S/C9H14N2.C2H6/c1-4-5-9-10-6-7(2)8(3)11-9;1-2/h6H,4-5H2,1-3H3;1-2H3. The predicted octanol–water partition coefficient (Wildman–Crippen LogP) is 3.07. The van der Waals surface area contributed by atoms with Crippen LogP contribution in [-0.4, -0.2) is 9.97 Å². The van der Waals surface area contributed by atoms with Crippen LogP contribution in [0.5, 0.6) is 0 Å². The van der Waals surface area contributed by atoms with Gasteiger partial charge in [0.2, 0.25) is 0 Å². The average molecular weight is 180 g/mol. The second-order valence-corrected chi connectivity index (χ2v) is 2.80. The largest absolute Gasteiger partial charge is 0.241 e. The number of rotatable bonds is 2. The lowest BCUT2D eigenvalue weighted by Gasteiger charge is -2.00. The van der Waals surface area contributed by atoms with E-state index in [2.05, 4.69) is 16.9 Å². The van der Waals surface area contributed by atoms with Crippen molar-refractivity contribution in [3.05, 3.63) is 23.3 Å². The molecule has 0 aliphatic rings. The van der Waals surface area contributed by atoms with E-state index in [4.69, 9.17) is 0 Å². The van der Waals surface area contributed by atoms with Gasteiger partial charge < -0.3 is 0 Å². The SMILES string of the molecule is CC.CCCc1ncc(C)c(C)n1. The number of hydrogen-bond donors (Lipinski definition) is 0. The summed E-state index contributed by atoms with van der Waals surface area (Å²) in [6, 6.07) is 0. The summed E-state index contributed by atoms with van der Waals surface area (Å²) >= 11 is 0. The molecular formula is C11H20N2. The second-order valence-electron chi connectivity index (χ2n) is 2.80. The van der Waals surface area contributed by atoms with Gasteiger partial charge in [-0.25, -0.2) is 9.97 Å². The lowest BCUT2D eigenvalue weighted by Crippen LogP contribution is -1.97. The molecule has 0 spiro atoms. The summed E-state index contributed by atoms with van der Waals surface area (Å²) in [4.78, 5) is 8.57. The molecule has 0 fully saturated rings. The Bertz CT molecular complexity index is 244. The van der Waals surface area contributed by atoms with E-state index in [-0.39, 0.29) is 0 Å². The number of aryl methyl sites for hydroxylation is 3. The fraction of sp³-hybridized carbons (Fsp3) is 0.636. The lowest BCUT2D eigenvalue weighted by atomic mass is 10.2. The molecule has 1 aromatic rings. The first kappa shape index (κ1) is 12.1. The first-order valence-electron chi connectivity index (χ1n) is 5.03. The summed E-state index contributed by atoms with van der Waals surface area (Å²) in [5.41, 5.74) is 2.27. The number of hydrogen-bond acceptors (Lipinski definition) is 2. The molecule has 0 N–H and O–H groups in total. The van der Waals surface area contributed by atoms with E-state index in [1.54, 1.807) is 0 Å². The van der Waals surface area contributed by atoms with Crippen LogP contribution in [0.2, 0.25) is 0 Å². The highest BCUT2D eigenvalue weighted by atomic mass is 14.9. The minimum atomic E-state index is 0.968. The van der Waals surface area contributed by atoms with E-state index in [9.17, 15) is 0 Å². The molecule has 1 rings (SSSR count). The molecule has 0 saturated carbocycles. The van der Waals surface area contributed by atoms with Gasteiger partial charge in [0.1, 0.15) is 5.82 Å². The van der Waals surface area contributed by atoms with Crippen molar-refractivity contribution in [3.8, 4) is 0 Å². The zero-order chi connectivity index (χ0) is 10.3. The molecule has 0 amide bonds. The third-order valence-corrected chi connectivity index (χ3v) is 1.75. The van der Waals surface area contributed by atoms with Crippen molar-refractivity contribution in [1.29, 1.82) is 0 Å². The monoisotopic (exact) mass is 180 g/mol. The van der Waals surface area contributed by atoms with Crippen molar-refractivity contribution in [3.63, 3.8) is 0 Å². The van der Waals surface area contributed by atoms with Crippen LogP contribution in [0.15, 0.2) is 6.20 Å². The highest BCUT2D eigenvalue weighted by Crippen LogP contribution is 2.02. The summed E-state index contributed by atoms with van der Waals surface area (Å²) in [5, 5.41) is 0. The summed E-state index contributed by atoms with van der Waals surface area (Å²) in [5.74, 6) is 0.968.